The number of fused-ring (bicyclic) bond motifs is 6. The number of aromatic nitrogens is 2. The fraction of sp³-hybridized carbons (Fsp3) is 0.250. The summed E-state index contributed by atoms with van der Waals surface area (Å²) in [4.78, 5) is 0. The van der Waals surface area contributed by atoms with Crippen LogP contribution in [0.5, 0.6) is 0 Å². The van der Waals surface area contributed by atoms with E-state index in [4.69, 9.17) is 0 Å². The van der Waals surface area contributed by atoms with Crippen molar-refractivity contribution in [1.82, 2.24) is 4.57 Å². The van der Waals surface area contributed by atoms with Crippen molar-refractivity contribution in [3.63, 3.8) is 0 Å². The van der Waals surface area contributed by atoms with Crippen LogP contribution in [0.4, 0.5) is 0 Å². The summed E-state index contributed by atoms with van der Waals surface area (Å²) in [7, 11) is 0. The Morgan fingerprint density at radius 3 is 2.32 bits per heavy atom. The van der Waals surface area contributed by atoms with Crippen molar-refractivity contribution in [2.45, 2.75) is 46.1 Å². The second-order valence-electron chi connectivity index (χ2n) is 9.32. The molecule has 3 aromatic carbocycles. The Labute approximate surface area is 187 Å². The van der Waals surface area contributed by atoms with Gasteiger partial charge in [-0.1, -0.05) is 64.1 Å². The molecule has 2 aromatic heterocycles. The van der Waals surface area contributed by atoms with Crippen LogP contribution < -0.4 is 4.57 Å². The molecular weight excluding hydrogens is 396 g/mol. The molecule has 154 valence electrons. The summed E-state index contributed by atoms with van der Waals surface area (Å²) in [5.74, 6) is 2.25. The van der Waals surface area contributed by atoms with Crippen LogP contribution in [0, 0.1) is 0 Å². The third-order valence-electron chi connectivity index (χ3n) is 6.66. The molecule has 1 aliphatic heterocycles. The second-order valence-corrected chi connectivity index (χ2v) is 10.4. The number of imidazole rings is 1. The Hall–Kier alpha value is -2.91. The molecule has 31 heavy (non-hydrogen) atoms. The first kappa shape index (κ1) is 18.8. The summed E-state index contributed by atoms with van der Waals surface area (Å²) >= 11 is 1.91. The molecule has 0 atom stereocenters. The molecule has 0 saturated carbocycles. The van der Waals surface area contributed by atoms with Gasteiger partial charge in [-0.2, -0.15) is 4.57 Å². The van der Waals surface area contributed by atoms with Gasteiger partial charge in [0.15, 0.2) is 0 Å². The molecule has 0 N–H and O–H groups in total. The minimum atomic E-state index is 0.473. The van der Waals surface area contributed by atoms with Crippen molar-refractivity contribution in [3.05, 3.63) is 83.7 Å². The number of nitrogens with zero attached hydrogens (tertiary/aromatic N) is 2. The quantitative estimate of drug-likeness (QED) is 0.262. The molecule has 2 nitrogen and oxygen atoms in total. The minimum Gasteiger partial charge on any atom is -0.225 e. The van der Waals surface area contributed by atoms with E-state index in [1.165, 1.54) is 53.9 Å². The van der Waals surface area contributed by atoms with Crippen LogP contribution >= 0.6 is 11.3 Å². The predicted octanol–water partition coefficient (Wildman–Crippen LogP) is 7.41. The summed E-state index contributed by atoms with van der Waals surface area (Å²) in [6, 6.07) is 20.5. The topological polar surface area (TPSA) is 8.81 Å². The van der Waals surface area contributed by atoms with Gasteiger partial charge in [0.2, 0.25) is 0 Å². The Morgan fingerprint density at radius 2 is 1.58 bits per heavy atom. The van der Waals surface area contributed by atoms with Crippen molar-refractivity contribution >= 4 is 31.5 Å². The van der Waals surface area contributed by atoms with E-state index in [0.29, 0.717) is 11.8 Å². The lowest BCUT2D eigenvalue weighted by Gasteiger charge is -2.17. The van der Waals surface area contributed by atoms with Crippen molar-refractivity contribution < 1.29 is 4.57 Å². The lowest BCUT2D eigenvalue weighted by Crippen LogP contribution is -2.30. The number of thiophene rings is 1. The molecular formula is C28H27N2S+. The fourth-order valence-corrected chi connectivity index (χ4v) is 6.30. The Kier molecular flexibility index (Phi) is 4.13. The maximum Gasteiger partial charge on any atom is 0.294 e. The number of hydrogen-bond donors (Lipinski definition) is 0. The summed E-state index contributed by atoms with van der Waals surface area (Å²) < 4.78 is 7.63. The summed E-state index contributed by atoms with van der Waals surface area (Å²) in [6.45, 7) is 10.1. The molecule has 5 aromatic rings. The SMILES string of the molecule is CC(C)c1cccc(C(C)C)c1-n1cc[n+]2c1-c1cc3c(cc1C2)sc1ccccc13. The zero-order chi connectivity index (χ0) is 21.3. The van der Waals surface area contributed by atoms with Gasteiger partial charge in [0, 0.05) is 36.9 Å². The molecule has 3 heteroatoms. The van der Waals surface area contributed by atoms with E-state index in [2.05, 4.69) is 104 Å². The molecule has 0 bridgehead atoms. The normalized spacial score (nSPS) is 13.0. The van der Waals surface area contributed by atoms with Crippen molar-refractivity contribution in [2.24, 2.45) is 0 Å². The van der Waals surface area contributed by atoms with E-state index in [9.17, 15) is 0 Å². The molecule has 0 amide bonds. The van der Waals surface area contributed by atoms with Crippen LogP contribution in [0.1, 0.15) is 56.2 Å². The van der Waals surface area contributed by atoms with E-state index in [-0.39, 0.29) is 0 Å². The predicted molar refractivity (Wildman–Crippen MR) is 132 cm³/mol. The average Bonchev–Trinajstić information content (AvgIpc) is 3.42. The number of hydrogen-bond acceptors (Lipinski definition) is 1. The lowest BCUT2D eigenvalue weighted by molar-refractivity contribution is -0.671. The summed E-state index contributed by atoms with van der Waals surface area (Å²) in [5, 5.41) is 2.74. The third-order valence-corrected chi connectivity index (χ3v) is 7.80. The van der Waals surface area contributed by atoms with Crippen molar-refractivity contribution in [3.8, 4) is 17.1 Å². The molecule has 0 spiro atoms. The highest BCUT2D eigenvalue weighted by molar-refractivity contribution is 7.25. The van der Waals surface area contributed by atoms with Gasteiger partial charge in [-0.25, -0.2) is 4.57 Å². The van der Waals surface area contributed by atoms with Crippen LogP contribution in [0.15, 0.2) is 67.0 Å². The third kappa shape index (κ3) is 2.73. The molecule has 0 fully saturated rings. The number of para-hydroxylation sites is 1. The summed E-state index contributed by atoms with van der Waals surface area (Å²) in [6.07, 6.45) is 4.52. The lowest BCUT2D eigenvalue weighted by atomic mass is 9.92. The molecule has 3 heterocycles. The Morgan fingerprint density at radius 1 is 0.839 bits per heavy atom. The van der Waals surface area contributed by atoms with Gasteiger partial charge in [0.1, 0.15) is 24.6 Å². The van der Waals surface area contributed by atoms with Crippen LogP contribution in [-0.2, 0) is 6.54 Å². The van der Waals surface area contributed by atoms with E-state index in [0.717, 1.165) is 6.54 Å². The largest absolute Gasteiger partial charge is 0.294 e. The van der Waals surface area contributed by atoms with Crippen LogP contribution in [-0.4, -0.2) is 4.57 Å². The van der Waals surface area contributed by atoms with E-state index in [1.807, 2.05) is 11.3 Å². The molecule has 0 aliphatic carbocycles. The van der Waals surface area contributed by atoms with Gasteiger partial charge in [0.25, 0.3) is 5.82 Å². The van der Waals surface area contributed by atoms with Gasteiger partial charge in [-0.15, -0.1) is 11.3 Å². The fourth-order valence-electron chi connectivity index (χ4n) is 5.15. The van der Waals surface area contributed by atoms with E-state index < -0.39 is 0 Å². The zero-order valence-electron chi connectivity index (χ0n) is 18.5. The molecule has 1 aliphatic rings. The smallest absolute Gasteiger partial charge is 0.225 e. The van der Waals surface area contributed by atoms with E-state index >= 15 is 0 Å². The second kappa shape index (κ2) is 6.80. The van der Waals surface area contributed by atoms with Gasteiger partial charge < -0.3 is 0 Å². The Bertz CT molecular complexity index is 1440. The first-order valence-electron chi connectivity index (χ1n) is 11.2. The molecule has 0 radical (unpaired) electrons. The highest BCUT2D eigenvalue weighted by atomic mass is 32.1. The summed E-state index contributed by atoms with van der Waals surface area (Å²) in [5.41, 5.74) is 7.00. The van der Waals surface area contributed by atoms with Crippen LogP contribution in [0.2, 0.25) is 0 Å². The maximum absolute atomic E-state index is 2.46. The first-order chi connectivity index (χ1) is 15.0. The van der Waals surface area contributed by atoms with Gasteiger partial charge in [-0.05, 0) is 30.0 Å². The molecule has 0 saturated heterocycles. The van der Waals surface area contributed by atoms with Gasteiger partial charge in [-0.3, -0.25) is 0 Å². The number of benzene rings is 3. The van der Waals surface area contributed by atoms with Crippen LogP contribution in [0.3, 0.4) is 0 Å². The average molecular weight is 424 g/mol. The minimum absolute atomic E-state index is 0.473. The van der Waals surface area contributed by atoms with Crippen LogP contribution in [0.25, 0.3) is 37.2 Å². The standard InChI is InChI=1S/C28H27N2S/c1-17(2)20-9-7-10-21(18(3)4)27(20)30-13-12-29-16-19-14-26-24(15-23(19)28(29)30)22-8-5-6-11-25(22)31-26/h5-15,17-18H,16H2,1-4H3/q+1. The molecule has 6 rings (SSSR count). The number of rotatable bonds is 3. The van der Waals surface area contributed by atoms with Crippen molar-refractivity contribution in [2.75, 3.05) is 0 Å². The van der Waals surface area contributed by atoms with Gasteiger partial charge in [0.05, 0.1) is 5.56 Å². The monoisotopic (exact) mass is 423 g/mol. The zero-order valence-corrected chi connectivity index (χ0v) is 19.3. The maximum atomic E-state index is 2.46. The van der Waals surface area contributed by atoms with Gasteiger partial charge >= 0.3 is 0 Å². The van der Waals surface area contributed by atoms with Crippen molar-refractivity contribution in [1.29, 1.82) is 0 Å². The Balaban J connectivity index is 1.64. The van der Waals surface area contributed by atoms with E-state index in [1.54, 1.807) is 0 Å². The molecule has 0 unspecified atom stereocenters. The highest BCUT2D eigenvalue weighted by Gasteiger charge is 2.33. The first-order valence-corrected chi connectivity index (χ1v) is 12.0. The highest BCUT2D eigenvalue weighted by Crippen LogP contribution is 2.41.